The maximum Gasteiger partial charge on any atom is 0.0588 e. The molecule has 0 aliphatic rings. The summed E-state index contributed by atoms with van der Waals surface area (Å²) in [4.78, 5) is 0. The first kappa shape index (κ1) is 14.8. The first-order valence-corrected chi connectivity index (χ1v) is 7.16. The van der Waals surface area contributed by atoms with Crippen LogP contribution in [0.4, 0.5) is 0 Å². The zero-order valence-electron chi connectivity index (χ0n) is 12.2. The topological polar surface area (TPSA) is 50.1 Å². The second-order valence-electron chi connectivity index (χ2n) is 5.09. The van der Waals surface area contributed by atoms with E-state index in [0.29, 0.717) is 0 Å². The molecule has 2 rings (SSSR count). The van der Waals surface area contributed by atoms with Crippen LogP contribution in [0.3, 0.4) is 0 Å². The fourth-order valence-electron chi connectivity index (χ4n) is 2.30. The third-order valence-corrected chi connectivity index (χ3v) is 3.51. The van der Waals surface area contributed by atoms with Crippen molar-refractivity contribution in [3.63, 3.8) is 0 Å². The van der Waals surface area contributed by atoms with Crippen LogP contribution < -0.4 is 5.32 Å². The first-order chi connectivity index (χ1) is 9.72. The number of aliphatic hydroxyl groups excluding tert-OH is 1. The minimum absolute atomic E-state index is 0.0531. The van der Waals surface area contributed by atoms with Crippen LogP contribution in [0.2, 0.25) is 0 Å². The summed E-state index contributed by atoms with van der Waals surface area (Å²) < 4.78 is 1.92. The van der Waals surface area contributed by atoms with E-state index in [-0.39, 0.29) is 18.7 Å². The maximum absolute atomic E-state index is 9.55. The highest BCUT2D eigenvalue weighted by Crippen LogP contribution is 2.13. The number of nitrogens with zero attached hydrogens (tertiary/aromatic N) is 2. The highest BCUT2D eigenvalue weighted by molar-refractivity contribution is 5.16. The molecule has 4 heteroatoms. The van der Waals surface area contributed by atoms with E-state index >= 15 is 0 Å². The van der Waals surface area contributed by atoms with E-state index in [1.165, 1.54) is 5.56 Å². The van der Waals surface area contributed by atoms with Crippen molar-refractivity contribution in [2.75, 3.05) is 6.61 Å². The van der Waals surface area contributed by atoms with Crippen molar-refractivity contribution in [1.82, 2.24) is 15.1 Å². The SMILES string of the molecule is CCn1cc(C(C)N[C@H](CO)Cc2ccccc2)cn1. The Bertz CT molecular complexity index is 509. The third-order valence-electron chi connectivity index (χ3n) is 3.51. The Morgan fingerprint density at radius 1 is 1.30 bits per heavy atom. The third kappa shape index (κ3) is 3.92. The van der Waals surface area contributed by atoms with Crippen molar-refractivity contribution in [3.8, 4) is 0 Å². The maximum atomic E-state index is 9.55. The molecule has 2 aromatic rings. The number of rotatable bonds is 7. The standard InChI is InChI=1S/C16H23N3O/c1-3-19-11-15(10-17-19)13(2)18-16(12-20)9-14-7-5-4-6-8-14/h4-8,10-11,13,16,18,20H,3,9,12H2,1-2H3/t13?,16-/m0/s1. The van der Waals surface area contributed by atoms with Crippen molar-refractivity contribution >= 4 is 0 Å². The second kappa shape index (κ2) is 7.22. The highest BCUT2D eigenvalue weighted by atomic mass is 16.3. The zero-order chi connectivity index (χ0) is 14.4. The molecule has 1 heterocycles. The molecule has 0 saturated heterocycles. The number of aliphatic hydroxyl groups is 1. The molecular weight excluding hydrogens is 250 g/mol. The van der Waals surface area contributed by atoms with Gasteiger partial charge in [-0.25, -0.2) is 0 Å². The number of hydrogen-bond donors (Lipinski definition) is 2. The Hall–Kier alpha value is -1.65. The minimum Gasteiger partial charge on any atom is -0.395 e. The molecule has 0 amide bonds. The number of aryl methyl sites for hydroxylation is 1. The lowest BCUT2D eigenvalue weighted by atomic mass is 10.0. The average molecular weight is 273 g/mol. The molecular formula is C16H23N3O. The fourth-order valence-corrected chi connectivity index (χ4v) is 2.30. The zero-order valence-corrected chi connectivity index (χ0v) is 12.2. The minimum atomic E-state index is 0.0531. The molecule has 1 aromatic carbocycles. The van der Waals surface area contributed by atoms with Crippen LogP contribution in [0.15, 0.2) is 42.7 Å². The van der Waals surface area contributed by atoms with E-state index < -0.39 is 0 Å². The Morgan fingerprint density at radius 3 is 2.65 bits per heavy atom. The monoisotopic (exact) mass is 273 g/mol. The van der Waals surface area contributed by atoms with Gasteiger partial charge in [0, 0.05) is 30.4 Å². The van der Waals surface area contributed by atoms with Crippen LogP contribution in [-0.4, -0.2) is 27.5 Å². The molecule has 1 unspecified atom stereocenters. The fraction of sp³-hybridized carbons (Fsp3) is 0.438. The number of nitrogens with one attached hydrogen (secondary N) is 1. The number of hydrogen-bond acceptors (Lipinski definition) is 3. The van der Waals surface area contributed by atoms with Crippen molar-refractivity contribution in [3.05, 3.63) is 53.9 Å². The molecule has 4 nitrogen and oxygen atoms in total. The smallest absolute Gasteiger partial charge is 0.0588 e. The molecule has 0 fully saturated rings. The molecule has 0 bridgehead atoms. The van der Waals surface area contributed by atoms with Gasteiger partial charge < -0.3 is 10.4 Å². The summed E-state index contributed by atoms with van der Waals surface area (Å²) >= 11 is 0. The van der Waals surface area contributed by atoms with Crippen LogP contribution in [0.25, 0.3) is 0 Å². The van der Waals surface area contributed by atoms with Crippen molar-refractivity contribution < 1.29 is 5.11 Å². The lowest BCUT2D eigenvalue weighted by molar-refractivity contribution is 0.232. The quantitative estimate of drug-likeness (QED) is 0.813. The van der Waals surface area contributed by atoms with Crippen molar-refractivity contribution in [2.24, 2.45) is 0 Å². The van der Waals surface area contributed by atoms with Gasteiger partial charge in [0.2, 0.25) is 0 Å². The number of aromatic nitrogens is 2. The average Bonchev–Trinajstić information content (AvgIpc) is 2.96. The molecule has 2 N–H and O–H groups in total. The second-order valence-corrected chi connectivity index (χ2v) is 5.09. The van der Waals surface area contributed by atoms with E-state index in [2.05, 4.69) is 42.6 Å². The van der Waals surface area contributed by atoms with Gasteiger partial charge in [-0.05, 0) is 25.8 Å². The molecule has 0 aliphatic heterocycles. The van der Waals surface area contributed by atoms with Gasteiger partial charge in [-0.15, -0.1) is 0 Å². The summed E-state index contributed by atoms with van der Waals surface area (Å²) in [7, 11) is 0. The van der Waals surface area contributed by atoms with E-state index in [0.717, 1.165) is 18.5 Å². The molecule has 20 heavy (non-hydrogen) atoms. The van der Waals surface area contributed by atoms with Gasteiger partial charge in [0.1, 0.15) is 0 Å². The summed E-state index contributed by atoms with van der Waals surface area (Å²) in [6.45, 7) is 5.17. The van der Waals surface area contributed by atoms with E-state index in [1.54, 1.807) is 0 Å². The molecule has 1 aromatic heterocycles. The van der Waals surface area contributed by atoms with E-state index in [4.69, 9.17) is 0 Å². The Kier molecular flexibility index (Phi) is 5.32. The van der Waals surface area contributed by atoms with Gasteiger partial charge in [-0.1, -0.05) is 30.3 Å². The molecule has 108 valence electrons. The largest absolute Gasteiger partial charge is 0.395 e. The summed E-state index contributed by atoms with van der Waals surface area (Å²) in [5.74, 6) is 0. The van der Waals surface area contributed by atoms with Crippen LogP contribution in [0, 0.1) is 0 Å². The van der Waals surface area contributed by atoms with E-state index in [9.17, 15) is 5.11 Å². The van der Waals surface area contributed by atoms with Crippen LogP contribution in [0.5, 0.6) is 0 Å². The van der Waals surface area contributed by atoms with Gasteiger partial charge >= 0.3 is 0 Å². The van der Waals surface area contributed by atoms with Gasteiger partial charge in [-0.2, -0.15) is 5.10 Å². The predicted octanol–water partition coefficient (Wildman–Crippen LogP) is 2.16. The summed E-state index contributed by atoms with van der Waals surface area (Å²) in [6.07, 6.45) is 4.76. The van der Waals surface area contributed by atoms with Crippen molar-refractivity contribution in [1.29, 1.82) is 0 Å². The Morgan fingerprint density at radius 2 is 2.05 bits per heavy atom. The number of benzene rings is 1. The summed E-state index contributed by atoms with van der Waals surface area (Å²) in [5, 5.41) is 17.3. The van der Waals surface area contributed by atoms with Gasteiger partial charge in [0.25, 0.3) is 0 Å². The molecule has 0 radical (unpaired) electrons. The lowest BCUT2D eigenvalue weighted by Gasteiger charge is -2.21. The molecule has 0 aliphatic carbocycles. The Balaban J connectivity index is 1.95. The predicted molar refractivity (Wildman–Crippen MR) is 80.5 cm³/mol. The van der Waals surface area contributed by atoms with Crippen LogP contribution in [0.1, 0.15) is 31.0 Å². The summed E-state index contributed by atoms with van der Waals surface area (Å²) in [5.41, 5.74) is 2.38. The molecule has 0 spiro atoms. The Labute approximate surface area is 120 Å². The van der Waals surface area contributed by atoms with Gasteiger partial charge in [-0.3, -0.25) is 4.68 Å². The lowest BCUT2D eigenvalue weighted by Crippen LogP contribution is -2.36. The van der Waals surface area contributed by atoms with Gasteiger partial charge in [0.15, 0.2) is 0 Å². The van der Waals surface area contributed by atoms with Crippen LogP contribution >= 0.6 is 0 Å². The van der Waals surface area contributed by atoms with Crippen LogP contribution in [-0.2, 0) is 13.0 Å². The normalized spacial score (nSPS) is 14.2. The van der Waals surface area contributed by atoms with E-state index in [1.807, 2.05) is 29.1 Å². The van der Waals surface area contributed by atoms with Gasteiger partial charge in [0.05, 0.1) is 12.8 Å². The highest BCUT2D eigenvalue weighted by Gasteiger charge is 2.14. The summed E-state index contributed by atoms with van der Waals surface area (Å²) in [6, 6.07) is 10.5. The van der Waals surface area contributed by atoms with Crippen molar-refractivity contribution in [2.45, 2.75) is 38.9 Å². The first-order valence-electron chi connectivity index (χ1n) is 7.16. The molecule has 2 atom stereocenters. The molecule has 0 saturated carbocycles.